The number of carbonyl (C=O) groups excluding carboxylic acids is 1. The van der Waals surface area contributed by atoms with Crippen LogP contribution >= 0.6 is 11.8 Å². The van der Waals surface area contributed by atoms with Gasteiger partial charge in [-0.15, -0.1) is 0 Å². The number of sulfonamides is 1. The number of hydrogen-bond acceptors (Lipinski definition) is 4. The van der Waals surface area contributed by atoms with Crippen LogP contribution in [0.2, 0.25) is 0 Å². The van der Waals surface area contributed by atoms with Crippen molar-refractivity contribution >= 4 is 27.7 Å². The fourth-order valence-corrected chi connectivity index (χ4v) is 3.00. The van der Waals surface area contributed by atoms with Crippen molar-refractivity contribution in [2.45, 2.75) is 17.7 Å². The second kappa shape index (κ2) is 9.06. The molecule has 0 radical (unpaired) electrons. The van der Waals surface area contributed by atoms with E-state index in [1.807, 2.05) is 6.26 Å². The van der Waals surface area contributed by atoms with Crippen LogP contribution in [0.5, 0.6) is 0 Å². The van der Waals surface area contributed by atoms with Crippen LogP contribution in [0, 0.1) is 0 Å². The molecule has 0 aliphatic carbocycles. The van der Waals surface area contributed by atoms with Gasteiger partial charge < -0.3 is 5.32 Å². The molecule has 0 atom stereocenters. The number of amides is 1. The molecule has 0 saturated carbocycles. The summed E-state index contributed by atoms with van der Waals surface area (Å²) in [5.41, 5.74) is 0.317. The van der Waals surface area contributed by atoms with Gasteiger partial charge in [-0.25, -0.2) is 21.9 Å². The van der Waals surface area contributed by atoms with E-state index in [2.05, 4.69) is 5.32 Å². The van der Waals surface area contributed by atoms with Crippen molar-refractivity contribution in [1.29, 1.82) is 0 Å². The molecule has 0 fully saturated rings. The normalized spacial score (nSPS) is 11.6. The Hall–Kier alpha value is -1.19. The van der Waals surface area contributed by atoms with Crippen molar-refractivity contribution in [1.82, 2.24) is 10.0 Å². The maximum Gasteiger partial charge on any atom is 0.251 e. The summed E-state index contributed by atoms with van der Waals surface area (Å²) >= 11 is 1.68. The van der Waals surface area contributed by atoms with Crippen LogP contribution in [-0.2, 0) is 10.0 Å². The zero-order valence-electron chi connectivity index (χ0n) is 12.0. The third kappa shape index (κ3) is 6.29. The number of carbonyl (C=O) groups is 1. The van der Waals surface area contributed by atoms with Gasteiger partial charge in [0, 0.05) is 12.1 Å². The molecule has 0 aliphatic rings. The number of halogens is 2. The lowest BCUT2D eigenvalue weighted by Crippen LogP contribution is -2.29. The van der Waals surface area contributed by atoms with Gasteiger partial charge in [0.15, 0.2) is 0 Å². The van der Waals surface area contributed by atoms with Gasteiger partial charge in [-0.1, -0.05) is 0 Å². The molecule has 22 heavy (non-hydrogen) atoms. The summed E-state index contributed by atoms with van der Waals surface area (Å²) in [6.45, 7) is -0.407. The zero-order chi connectivity index (χ0) is 16.6. The van der Waals surface area contributed by atoms with Crippen LogP contribution in [-0.4, -0.2) is 45.8 Å². The monoisotopic (exact) mass is 352 g/mol. The molecule has 5 nitrogen and oxygen atoms in total. The van der Waals surface area contributed by atoms with E-state index in [9.17, 15) is 22.0 Å². The average Bonchev–Trinajstić information content (AvgIpc) is 2.49. The molecule has 0 aliphatic heterocycles. The van der Waals surface area contributed by atoms with Gasteiger partial charge in [-0.2, -0.15) is 11.8 Å². The van der Waals surface area contributed by atoms with Crippen molar-refractivity contribution < 1.29 is 22.0 Å². The highest BCUT2D eigenvalue weighted by atomic mass is 32.2. The van der Waals surface area contributed by atoms with Crippen LogP contribution in [0.1, 0.15) is 16.8 Å². The molecule has 0 spiro atoms. The summed E-state index contributed by atoms with van der Waals surface area (Å²) in [5.74, 6) is 0.637. The van der Waals surface area contributed by atoms with Gasteiger partial charge in [0.1, 0.15) is 0 Å². The quantitative estimate of drug-likeness (QED) is 0.664. The lowest BCUT2D eigenvalue weighted by molar-refractivity contribution is 0.0953. The number of hydrogen-bond donors (Lipinski definition) is 2. The SMILES string of the molecule is CSCCCNC(=O)c1ccc(S(=O)(=O)NCC(F)F)cc1. The Morgan fingerprint density at radius 3 is 2.45 bits per heavy atom. The highest BCUT2D eigenvalue weighted by Gasteiger charge is 2.16. The topological polar surface area (TPSA) is 75.3 Å². The van der Waals surface area contributed by atoms with E-state index in [0.717, 1.165) is 12.2 Å². The van der Waals surface area contributed by atoms with Gasteiger partial charge in [0.05, 0.1) is 11.4 Å². The molecule has 124 valence electrons. The Bertz CT molecular complexity index is 577. The molecule has 0 aromatic heterocycles. The number of alkyl halides is 2. The molecule has 1 aromatic carbocycles. The molecule has 1 rings (SSSR count). The van der Waals surface area contributed by atoms with Crippen LogP contribution in [0.25, 0.3) is 0 Å². The lowest BCUT2D eigenvalue weighted by Gasteiger charge is -2.08. The predicted octanol–water partition coefficient (Wildman–Crippen LogP) is 1.71. The number of nitrogens with one attached hydrogen (secondary N) is 2. The van der Waals surface area contributed by atoms with Crippen LogP contribution in [0.3, 0.4) is 0 Å². The Morgan fingerprint density at radius 2 is 1.91 bits per heavy atom. The van der Waals surface area contributed by atoms with Crippen LogP contribution in [0.15, 0.2) is 29.2 Å². The molecule has 2 N–H and O–H groups in total. The fraction of sp³-hybridized carbons (Fsp3) is 0.462. The van der Waals surface area contributed by atoms with Gasteiger partial charge in [0.25, 0.3) is 12.3 Å². The number of rotatable bonds is 9. The largest absolute Gasteiger partial charge is 0.352 e. The lowest BCUT2D eigenvalue weighted by atomic mass is 10.2. The van der Waals surface area contributed by atoms with Crippen molar-refractivity contribution in [2.75, 3.05) is 25.1 Å². The summed E-state index contributed by atoms with van der Waals surface area (Å²) in [6, 6.07) is 5.12. The Morgan fingerprint density at radius 1 is 1.27 bits per heavy atom. The van der Waals surface area contributed by atoms with Gasteiger partial charge in [0.2, 0.25) is 10.0 Å². The third-order valence-corrected chi connectivity index (χ3v) is 4.80. The highest BCUT2D eigenvalue weighted by Crippen LogP contribution is 2.11. The Labute approximate surface area is 132 Å². The van der Waals surface area contributed by atoms with E-state index in [4.69, 9.17) is 0 Å². The van der Waals surface area contributed by atoms with E-state index in [0.29, 0.717) is 12.1 Å². The summed E-state index contributed by atoms with van der Waals surface area (Å²) in [7, 11) is -3.99. The molecule has 0 unspecified atom stereocenters. The summed E-state index contributed by atoms with van der Waals surface area (Å²) in [6.07, 6.45) is 0.0566. The van der Waals surface area contributed by atoms with E-state index in [1.54, 1.807) is 16.5 Å². The fourth-order valence-electron chi connectivity index (χ4n) is 1.56. The van der Waals surface area contributed by atoms with Crippen LogP contribution < -0.4 is 10.0 Å². The van der Waals surface area contributed by atoms with Crippen molar-refractivity contribution in [3.63, 3.8) is 0 Å². The number of thioether (sulfide) groups is 1. The maximum atomic E-state index is 12.0. The third-order valence-electron chi connectivity index (χ3n) is 2.67. The van der Waals surface area contributed by atoms with Gasteiger partial charge in [-0.05, 0) is 42.7 Å². The van der Waals surface area contributed by atoms with E-state index < -0.39 is 23.0 Å². The predicted molar refractivity (Wildman–Crippen MR) is 83.0 cm³/mol. The first kappa shape index (κ1) is 18.9. The second-order valence-electron chi connectivity index (χ2n) is 4.37. The van der Waals surface area contributed by atoms with E-state index in [1.165, 1.54) is 24.3 Å². The van der Waals surface area contributed by atoms with Crippen molar-refractivity contribution in [3.8, 4) is 0 Å². The average molecular weight is 352 g/mol. The first-order chi connectivity index (χ1) is 10.4. The standard InChI is InChI=1S/C13H18F2N2O3S2/c1-21-8-2-7-16-13(18)10-3-5-11(6-4-10)22(19,20)17-9-12(14)15/h3-6,12,17H,2,7-9H2,1H3,(H,16,18). The minimum atomic E-state index is -3.99. The Kier molecular flexibility index (Phi) is 7.77. The maximum absolute atomic E-state index is 12.0. The zero-order valence-corrected chi connectivity index (χ0v) is 13.6. The van der Waals surface area contributed by atoms with E-state index in [-0.39, 0.29) is 10.8 Å². The molecular formula is C13H18F2N2O3S2. The number of benzene rings is 1. The van der Waals surface area contributed by atoms with Crippen molar-refractivity contribution in [2.24, 2.45) is 0 Å². The summed E-state index contributed by atoms with van der Waals surface area (Å²) in [4.78, 5) is 11.6. The van der Waals surface area contributed by atoms with Gasteiger partial charge in [-0.3, -0.25) is 4.79 Å². The van der Waals surface area contributed by atoms with E-state index >= 15 is 0 Å². The molecule has 1 aromatic rings. The first-order valence-electron chi connectivity index (χ1n) is 6.52. The minimum absolute atomic E-state index is 0.160. The first-order valence-corrected chi connectivity index (χ1v) is 9.39. The van der Waals surface area contributed by atoms with Crippen LogP contribution in [0.4, 0.5) is 8.78 Å². The van der Waals surface area contributed by atoms with Crippen molar-refractivity contribution in [3.05, 3.63) is 29.8 Å². The highest BCUT2D eigenvalue weighted by molar-refractivity contribution is 7.98. The molecule has 9 heteroatoms. The Balaban J connectivity index is 2.64. The van der Waals surface area contributed by atoms with Gasteiger partial charge >= 0.3 is 0 Å². The molecule has 0 saturated heterocycles. The molecular weight excluding hydrogens is 334 g/mol. The smallest absolute Gasteiger partial charge is 0.251 e. The molecule has 0 heterocycles. The molecule has 0 bridgehead atoms. The molecule has 1 amide bonds. The summed E-state index contributed by atoms with van der Waals surface area (Å²) < 4.78 is 49.3. The summed E-state index contributed by atoms with van der Waals surface area (Å²) in [5, 5.41) is 2.72. The second-order valence-corrected chi connectivity index (χ2v) is 7.12. The minimum Gasteiger partial charge on any atom is -0.352 e.